The molecule has 0 aliphatic heterocycles. The molecule has 10 aromatic rings. The van der Waals surface area contributed by atoms with Crippen LogP contribution in [0.4, 0.5) is 0 Å². The number of fused-ring (bicyclic) bond motifs is 4. The van der Waals surface area contributed by atoms with E-state index in [0.29, 0.717) is 50.8 Å². The van der Waals surface area contributed by atoms with Gasteiger partial charge in [-0.25, -0.2) is 4.98 Å². The van der Waals surface area contributed by atoms with Crippen LogP contribution in [0.1, 0.15) is 137 Å². The van der Waals surface area contributed by atoms with Crippen LogP contribution < -0.4 is 5.51 Å². The fourth-order valence-corrected chi connectivity index (χ4v) is 11.2. The van der Waals surface area contributed by atoms with Gasteiger partial charge in [0, 0.05) is 54.2 Å². The Kier molecular flexibility index (Phi) is 14.2. The molecule has 0 spiro atoms. The van der Waals surface area contributed by atoms with Crippen molar-refractivity contribution in [2.75, 3.05) is 0 Å². The van der Waals surface area contributed by atoms with Gasteiger partial charge in [-0.3, -0.25) is 9.55 Å². The number of phenolic OH excluding ortho intramolecular Hbond substituents is 1. The van der Waals surface area contributed by atoms with Crippen LogP contribution in [0.2, 0.25) is 19.6 Å². The van der Waals surface area contributed by atoms with Crippen LogP contribution in [0.25, 0.3) is 95.0 Å². The van der Waals surface area contributed by atoms with Gasteiger partial charge in [0.05, 0.1) is 39.6 Å². The molecular weight excluding hydrogens is 1170 g/mol. The van der Waals surface area contributed by atoms with Crippen LogP contribution >= 0.6 is 0 Å². The Morgan fingerprint density at radius 3 is 1.86 bits per heavy atom. The zero-order chi connectivity index (χ0) is 56.4. The van der Waals surface area contributed by atoms with E-state index in [2.05, 4.69) is 247 Å². The molecule has 0 aliphatic carbocycles. The van der Waals surface area contributed by atoms with Crippen LogP contribution in [0.15, 0.2) is 118 Å². The number of pyridine rings is 1. The first kappa shape index (κ1) is 56.8. The Hall–Kier alpha value is -6.92. The third-order valence-electron chi connectivity index (χ3n) is 15.0. The summed E-state index contributed by atoms with van der Waals surface area (Å²) in [7, 11) is -1.96. The van der Waals surface area contributed by atoms with E-state index in [1.165, 1.54) is 5.56 Å². The van der Waals surface area contributed by atoms with Crippen molar-refractivity contribution in [1.29, 1.82) is 5.26 Å². The van der Waals surface area contributed by atoms with Crippen molar-refractivity contribution >= 4 is 46.6 Å². The van der Waals surface area contributed by atoms with Crippen molar-refractivity contribution in [1.82, 2.24) is 24.7 Å². The van der Waals surface area contributed by atoms with E-state index in [1.807, 2.05) is 6.07 Å². The van der Waals surface area contributed by atoms with Gasteiger partial charge < -0.3 is 13.9 Å². The van der Waals surface area contributed by atoms with Crippen LogP contribution in [-0.4, -0.2) is 37.9 Å². The van der Waals surface area contributed by atoms with Gasteiger partial charge in [0.15, 0.2) is 19.2 Å². The molecule has 4 aromatic heterocycles. The van der Waals surface area contributed by atoms with Crippen molar-refractivity contribution in [2.45, 2.75) is 151 Å². The number of para-hydroxylation sites is 1. The average molecular weight is 1250 g/mol. The molecule has 0 atom stereocenters. The van der Waals surface area contributed by atoms with Gasteiger partial charge in [0.2, 0.25) is 5.89 Å². The van der Waals surface area contributed by atoms with E-state index in [4.69, 9.17) is 18.8 Å². The van der Waals surface area contributed by atoms with Crippen LogP contribution in [-0.2, 0) is 48.1 Å². The maximum atomic E-state index is 12.7. The number of hydrogen-bond donors (Lipinski definition) is 1. The van der Waals surface area contributed by atoms with Crippen molar-refractivity contribution in [3.8, 4) is 73.9 Å². The average Bonchev–Trinajstić information content (AvgIpc) is 4.34. The minimum absolute atomic E-state index is 0. The number of imidazole rings is 1. The minimum atomic E-state index is -1.96. The first-order valence-corrected chi connectivity index (χ1v) is 30.7. The summed E-state index contributed by atoms with van der Waals surface area (Å²) in [5.41, 5.74) is 15.2. The number of hydrogen-bond acceptors (Lipinski definition) is 8. The maximum absolute atomic E-state index is 12.7. The number of rotatable bonds is 7. The Labute approximate surface area is 481 Å². The fourth-order valence-electron chi connectivity index (χ4n) is 10.5. The predicted molar refractivity (Wildman–Crippen MR) is 323 cm³/mol. The molecule has 9 nitrogen and oxygen atoms in total. The Morgan fingerprint density at radius 1 is 0.608 bits per heavy atom. The van der Waals surface area contributed by atoms with Gasteiger partial charge >= 0.3 is 0 Å². The monoisotopic (exact) mass is 1240 g/mol. The smallest absolute Gasteiger partial charge is 0.248 e. The number of nitrogens with zero attached hydrogens (tertiary/aromatic N) is 6. The molecule has 4 heterocycles. The Bertz CT molecular complexity index is 4060. The van der Waals surface area contributed by atoms with Gasteiger partial charge in [-0.2, -0.15) is 5.26 Å². The number of furan rings is 1. The quantitative estimate of drug-likeness (QED) is 0.123. The number of benzene rings is 6. The first-order chi connectivity index (χ1) is 36.3. The van der Waals surface area contributed by atoms with Crippen LogP contribution in [0.3, 0.4) is 0 Å². The van der Waals surface area contributed by atoms with E-state index in [-0.39, 0.29) is 48.5 Å². The number of phenols is 1. The number of nitriles is 1. The fraction of sp³-hybridized carbons (Fsp3) is 0.338. The summed E-state index contributed by atoms with van der Waals surface area (Å²) in [6, 6.07) is 42.8. The second-order valence-electron chi connectivity index (χ2n) is 27.4. The van der Waals surface area contributed by atoms with E-state index in [0.717, 1.165) is 77.6 Å². The summed E-state index contributed by atoms with van der Waals surface area (Å²) in [5, 5.41) is 34.2. The molecule has 10 rings (SSSR count). The third kappa shape index (κ3) is 10.5. The Balaban J connectivity index is 0.00000757. The molecule has 11 heteroatoms. The number of aromatic nitrogens is 5. The second kappa shape index (κ2) is 19.7. The van der Waals surface area contributed by atoms with Gasteiger partial charge in [-0.15, -0.1) is 39.5 Å². The van der Waals surface area contributed by atoms with Crippen molar-refractivity contribution in [3.05, 3.63) is 149 Å². The third-order valence-corrected chi connectivity index (χ3v) is 16.5. The zero-order valence-electron chi connectivity index (χ0n) is 49.2. The van der Waals surface area contributed by atoms with Crippen LogP contribution in [0.5, 0.6) is 5.75 Å². The summed E-state index contributed by atoms with van der Waals surface area (Å²) < 4.78 is 15.3. The molecule has 0 aliphatic rings. The largest absolute Gasteiger partial charge is 0.507 e. The van der Waals surface area contributed by atoms with E-state index >= 15 is 0 Å². The Morgan fingerprint density at radius 2 is 1.25 bits per heavy atom. The summed E-state index contributed by atoms with van der Waals surface area (Å²) in [6.07, 6.45) is 1.78. The standard InChI is InChI=1S/C68H73N6O3Si.Pt/c1-64(2,3)42-27-28-54(46(32-42)39-23-20-19-21-24-39)74-55-26-22-25-45(58(55)71-61(74)50-33-44(66(7,8)9)34-52(59(50)75)67(10,11)12)40-29-41(31-43(30-40)65(4,5)6)53-36-47-48-35-49(62-72-73-63(77-62)78(16,17)18)51(37-69)57(68(13,14)15)60(48)76-56(47)38-70-53;/h19-28,30-36,38,75H,1-18H3;/q-1;. The SMILES string of the molecule is CC(C)(C)c1cc(-c2cc3c(cn2)oc2c(C(C)(C)C)c(C#N)c(-c4nnc([Si](C)(C)C)o4)cc23)[c-]c(-c2cccc3c2nc(-c2cc(C(C)(C)C)cc(C(C)(C)C)c2O)n3-c2ccc(C(C)(C)C)cc2-c2ccccc2)c1.[Pt]. The summed E-state index contributed by atoms with van der Waals surface area (Å²) in [5.74, 6) is 1.18. The summed E-state index contributed by atoms with van der Waals surface area (Å²) in [4.78, 5) is 10.8. The molecule has 1 N–H and O–H groups in total. The molecule has 0 unspecified atom stereocenters. The molecule has 79 heavy (non-hydrogen) atoms. The minimum Gasteiger partial charge on any atom is -0.507 e. The van der Waals surface area contributed by atoms with Gasteiger partial charge in [-0.1, -0.05) is 195 Å². The maximum Gasteiger partial charge on any atom is 0.248 e. The second-order valence-corrected chi connectivity index (χ2v) is 32.3. The predicted octanol–water partition coefficient (Wildman–Crippen LogP) is 17.4. The molecule has 0 saturated heterocycles. The molecular formula is C68H73N6O3PtSi-. The first-order valence-electron chi connectivity index (χ1n) is 27.2. The molecule has 0 radical (unpaired) electrons. The van der Waals surface area contributed by atoms with E-state index in [1.54, 1.807) is 6.20 Å². The normalized spacial score (nSPS) is 12.9. The van der Waals surface area contributed by atoms with Gasteiger partial charge in [-0.05, 0) is 74.1 Å². The molecule has 0 fully saturated rings. The van der Waals surface area contributed by atoms with Crippen LogP contribution in [0, 0.1) is 17.4 Å². The summed E-state index contributed by atoms with van der Waals surface area (Å²) >= 11 is 0. The molecule has 0 saturated carbocycles. The molecule has 408 valence electrons. The van der Waals surface area contributed by atoms with Gasteiger partial charge in [0.1, 0.15) is 23.2 Å². The van der Waals surface area contributed by atoms with Gasteiger partial charge in [0.25, 0.3) is 0 Å². The van der Waals surface area contributed by atoms with E-state index < -0.39 is 13.5 Å². The topological polar surface area (TPSA) is 127 Å². The van der Waals surface area contributed by atoms with Crippen molar-refractivity contribution in [3.63, 3.8) is 0 Å². The number of aromatic hydroxyl groups is 1. The molecule has 0 bridgehead atoms. The molecule has 0 amide bonds. The van der Waals surface area contributed by atoms with E-state index in [9.17, 15) is 10.4 Å². The van der Waals surface area contributed by atoms with Crippen molar-refractivity contribution in [2.24, 2.45) is 0 Å². The zero-order valence-corrected chi connectivity index (χ0v) is 52.4. The summed E-state index contributed by atoms with van der Waals surface area (Å²) in [6.45, 7) is 39.3. The molecule has 6 aromatic carbocycles. The van der Waals surface area contributed by atoms with Crippen molar-refractivity contribution < 1.29 is 35.0 Å².